The van der Waals surface area contributed by atoms with E-state index in [-0.39, 0.29) is 5.60 Å². The number of ketones is 1. The number of hydrogen-bond donors (Lipinski definition) is 0. The number of carbonyl (C=O) groups excluding carboxylic acids is 1. The Kier molecular flexibility index (Phi) is 2.58. The number of fused-ring (bicyclic) bond motifs is 1. The Labute approximate surface area is 102 Å². The van der Waals surface area contributed by atoms with Gasteiger partial charge in [0.2, 0.25) is 0 Å². The number of nitrogens with zero attached hydrogens (tertiary/aromatic N) is 1. The van der Waals surface area contributed by atoms with E-state index in [9.17, 15) is 4.79 Å². The molecule has 92 valence electrons. The van der Waals surface area contributed by atoms with E-state index < -0.39 is 0 Å². The molecule has 0 N–H and O–H groups in total. The van der Waals surface area contributed by atoms with Crippen LogP contribution in [0.25, 0.3) is 0 Å². The molecule has 0 amide bonds. The van der Waals surface area contributed by atoms with E-state index in [1.165, 1.54) is 5.69 Å². The van der Waals surface area contributed by atoms with Gasteiger partial charge < -0.3 is 9.30 Å². The summed E-state index contributed by atoms with van der Waals surface area (Å²) in [6.07, 6.45) is 7.07. The smallest absolute Gasteiger partial charge is 0.164 e. The molecular formula is C14H19NO2. The molecule has 1 unspecified atom stereocenters. The third-order valence-corrected chi connectivity index (χ3v) is 4.00. The lowest BCUT2D eigenvalue weighted by molar-refractivity contribution is 0.00568. The van der Waals surface area contributed by atoms with Gasteiger partial charge >= 0.3 is 0 Å². The normalized spacial score (nSPS) is 28.4. The van der Waals surface area contributed by atoms with E-state index in [1.807, 2.05) is 6.07 Å². The molecule has 1 saturated heterocycles. The van der Waals surface area contributed by atoms with Gasteiger partial charge in [-0.1, -0.05) is 0 Å². The molecule has 0 saturated carbocycles. The van der Waals surface area contributed by atoms with Crippen LogP contribution in [-0.2, 0) is 17.7 Å². The van der Waals surface area contributed by atoms with Gasteiger partial charge in [0.25, 0.3) is 0 Å². The van der Waals surface area contributed by atoms with Crippen molar-refractivity contribution < 1.29 is 9.53 Å². The zero-order valence-corrected chi connectivity index (χ0v) is 10.4. The fourth-order valence-electron chi connectivity index (χ4n) is 3.06. The molecule has 0 radical (unpaired) electrons. The first-order chi connectivity index (χ1) is 8.18. The zero-order chi connectivity index (χ0) is 11.9. The Hall–Kier alpha value is -1.09. The SMILES string of the molecule is CC1(Cn2ccc3c2CCCC3=O)CCCO1. The molecule has 3 heteroatoms. The molecule has 2 heterocycles. The highest BCUT2D eigenvalue weighted by atomic mass is 16.5. The van der Waals surface area contributed by atoms with Crippen LogP contribution in [-0.4, -0.2) is 22.6 Å². The summed E-state index contributed by atoms with van der Waals surface area (Å²) in [5.74, 6) is 0.308. The van der Waals surface area contributed by atoms with Crippen molar-refractivity contribution in [2.75, 3.05) is 6.61 Å². The predicted octanol–water partition coefficient (Wildman–Crippen LogP) is 2.58. The molecule has 0 aromatic carbocycles. The number of Topliss-reactive ketones (excluding diaryl/α,β-unsaturated/α-hetero) is 1. The van der Waals surface area contributed by atoms with Crippen LogP contribution in [0.1, 0.15) is 48.7 Å². The van der Waals surface area contributed by atoms with E-state index in [4.69, 9.17) is 4.74 Å². The predicted molar refractivity (Wildman–Crippen MR) is 65.3 cm³/mol. The number of rotatable bonds is 2. The first-order valence-electron chi connectivity index (χ1n) is 6.53. The maximum Gasteiger partial charge on any atom is 0.164 e. The topological polar surface area (TPSA) is 31.2 Å². The molecule has 1 atom stereocenters. The molecule has 3 rings (SSSR count). The fourth-order valence-corrected chi connectivity index (χ4v) is 3.06. The first kappa shape index (κ1) is 11.0. The lowest BCUT2D eigenvalue weighted by Crippen LogP contribution is -2.30. The maximum absolute atomic E-state index is 11.8. The van der Waals surface area contributed by atoms with Crippen molar-refractivity contribution in [2.45, 2.75) is 51.2 Å². The highest BCUT2D eigenvalue weighted by Gasteiger charge is 2.31. The van der Waals surface area contributed by atoms with Gasteiger partial charge in [-0.15, -0.1) is 0 Å². The van der Waals surface area contributed by atoms with E-state index in [2.05, 4.69) is 17.7 Å². The van der Waals surface area contributed by atoms with Gasteiger partial charge in [0.05, 0.1) is 12.1 Å². The Morgan fingerprint density at radius 2 is 2.29 bits per heavy atom. The van der Waals surface area contributed by atoms with Crippen LogP contribution < -0.4 is 0 Å². The number of aromatic nitrogens is 1. The summed E-state index contributed by atoms with van der Waals surface area (Å²) < 4.78 is 8.06. The van der Waals surface area contributed by atoms with E-state index >= 15 is 0 Å². The van der Waals surface area contributed by atoms with Crippen LogP contribution in [0.5, 0.6) is 0 Å². The lowest BCUT2D eigenvalue weighted by atomic mass is 9.96. The summed E-state index contributed by atoms with van der Waals surface area (Å²) in [4.78, 5) is 11.8. The molecular weight excluding hydrogens is 214 g/mol. The summed E-state index contributed by atoms with van der Waals surface area (Å²) in [6.45, 7) is 3.94. The molecule has 3 nitrogen and oxygen atoms in total. The largest absolute Gasteiger partial charge is 0.373 e. The molecule has 1 aliphatic carbocycles. The van der Waals surface area contributed by atoms with Crippen LogP contribution in [0.4, 0.5) is 0 Å². The van der Waals surface area contributed by atoms with Crippen molar-refractivity contribution in [3.05, 3.63) is 23.5 Å². The van der Waals surface area contributed by atoms with E-state index in [0.717, 1.165) is 44.4 Å². The average molecular weight is 233 g/mol. The Bertz CT molecular complexity index is 441. The number of hydrogen-bond acceptors (Lipinski definition) is 2. The Balaban J connectivity index is 1.86. The van der Waals surface area contributed by atoms with Crippen LogP contribution in [0.2, 0.25) is 0 Å². The summed E-state index contributed by atoms with van der Waals surface area (Å²) in [5, 5.41) is 0. The highest BCUT2D eigenvalue weighted by Crippen LogP contribution is 2.29. The summed E-state index contributed by atoms with van der Waals surface area (Å²) in [5.41, 5.74) is 2.13. The molecule has 0 bridgehead atoms. The minimum absolute atomic E-state index is 0.0344. The molecule has 0 spiro atoms. The molecule has 1 fully saturated rings. The van der Waals surface area contributed by atoms with Crippen LogP contribution in [0, 0.1) is 0 Å². The van der Waals surface area contributed by atoms with E-state index in [1.54, 1.807) is 0 Å². The summed E-state index contributed by atoms with van der Waals surface area (Å²) in [6, 6.07) is 1.98. The first-order valence-corrected chi connectivity index (χ1v) is 6.53. The van der Waals surface area contributed by atoms with Crippen molar-refractivity contribution >= 4 is 5.78 Å². The van der Waals surface area contributed by atoms with Crippen LogP contribution in [0.15, 0.2) is 12.3 Å². The molecule has 1 aromatic heterocycles. The van der Waals surface area contributed by atoms with Gasteiger partial charge in [0, 0.05) is 30.5 Å². The standard InChI is InChI=1S/C14H19NO2/c1-14(7-3-9-17-14)10-15-8-6-11-12(15)4-2-5-13(11)16/h6,8H,2-5,7,9-10H2,1H3. The van der Waals surface area contributed by atoms with Gasteiger partial charge in [-0.2, -0.15) is 0 Å². The third-order valence-electron chi connectivity index (χ3n) is 4.00. The van der Waals surface area contributed by atoms with Gasteiger partial charge in [-0.05, 0) is 38.7 Å². The van der Waals surface area contributed by atoms with Crippen molar-refractivity contribution in [3.8, 4) is 0 Å². The van der Waals surface area contributed by atoms with Gasteiger partial charge in [-0.25, -0.2) is 0 Å². The van der Waals surface area contributed by atoms with Crippen LogP contribution >= 0.6 is 0 Å². The Morgan fingerprint density at radius 3 is 3.06 bits per heavy atom. The third kappa shape index (κ3) is 1.93. The van der Waals surface area contributed by atoms with Gasteiger partial charge in [0.1, 0.15) is 0 Å². The second-order valence-electron chi connectivity index (χ2n) is 5.48. The average Bonchev–Trinajstić information content (AvgIpc) is 2.88. The van der Waals surface area contributed by atoms with E-state index in [0.29, 0.717) is 12.2 Å². The Morgan fingerprint density at radius 1 is 1.41 bits per heavy atom. The second-order valence-corrected chi connectivity index (χ2v) is 5.48. The number of ether oxygens (including phenoxy) is 1. The fraction of sp³-hybridized carbons (Fsp3) is 0.643. The monoisotopic (exact) mass is 233 g/mol. The van der Waals surface area contributed by atoms with Crippen molar-refractivity contribution in [3.63, 3.8) is 0 Å². The summed E-state index contributed by atoms with van der Waals surface area (Å²) >= 11 is 0. The quantitative estimate of drug-likeness (QED) is 0.786. The number of carbonyl (C=O) groups is 1. The molecule has 17 heavy (non-hydrogen) atoms. The second kappa shape index (κ2) is 3.98. The highest BCUT2D eigenvalue weighted by molar-refractivity contribution is 5.98. The zero-order valence-electron chi connectivity index (χ0n) is 10.4. The van der Waals surface area contributed by atoms with Crippen molar-refractivity contribution in [1.29, 1.82) is 0 Å². The maximum atomic E-state index is 11.8. The minimum Gasteiger partial charge on any atom is -0.373 e. The van der Waals surface area contributed by atoms with Crippen molar-refractivity contribution in [2.24, 2.45) is 0 Å². The van der Waals surface area contributed by atoms with Gasteiger partial charge in [0.15, 0.2) is 5.78 Å². The minimum atomic E-state index is -0.0344. The summed E-state index contributed by atoms with van der Waals surface area (Å²) in [7, 11) is 0. The van der Waals surface area contributed by atoms with Crippen molar-refractivity contribution in [1.82, 2.24) is 4.57 Å². The molecule has 2 aliphatic rings. The molecule has 1 aliphatic heterocycles. The van der Waals surface area contributed by atoms with Crippen LogP contribution in [0.3, 0.4) is 0 Å². The molecule has 1 aromatic rings. The lowest BCUT2D eigenvalue weighted by Gasteiger charge is -2.26. The van der Waals surface area contributed by atoms with Gasteiger partial charge in [-0.3, -0.25) is 4.79 Å².